The van der Waals surface area contributed by atoms with Crippen LogP contribution in [0.15, 0.2) is 36.1 Å². The lowest BCUT2D eigenvalue weighted by Crippen LogP contribution is -2.10. The number of hydrogen-bond acceptors (Lipinski definition) is 2. The van der Waals surface area contributed by atoms with E-state index < -0.39 is 0 Å². The lowest BCUT2D eigenvalue weighted by molar-refractivity contribution is -0.113. The first kappa shape index (κ1) is 9.26. The molecule has 2 nitrogen and oxygen atoms in total. The molecule has 1 N–H and O–H groups in total. The van der Waals surface area contributed by atoms with Crippen molar-refractivity contribution >= 4 is 21.7 Å². The summed E-state index contributed by atoms with van der Waals surface area (Å²) < 4.78 is -0.306. The molecule has 0 amide bonds. The Balaban J connectivity index is 3.03. The monoisotopic (exact) mass is 228 g/mol. The third kappa shape index (κ3) is 2.34. The molecule has 0 aromatic carbocycles. The van der Waals surface area contributed by atoms with Gasteiger partial charge < -0.3 is 5.11 Å². The second kappa shape index (κ2) is 3.27. The predicted octanol–water partition coefficient (Wildman–Crippen LogP) is 2.28. The fraction of sp³-hybridized carbons (Fsp3) is 0.222. The third-order valence-electron chi connectivity index (χ3n) is 1.49. The zero-order valence-electron chi connectivity index (χ0n) is 6.62. The van der Waals surface area contributed by atoms with Gasteiger partial charge in [-0.05, 0) is 19.1 Å². The van der Waals surface area contributed by atoms with Gasteiger partial charge >= 0.3 is 0 Å². The number of ketones is 1. The molecule has 0 bridgehead atoms. The van der Waals surface area contributed by atoms with E-state index in [0.29, 0.717) is 0 Å². The molecule has 3 heteroatoms. The lowest BCUT2D eigenvalue weighted by Gasteiger charge is -2.12. The van der Waals surface area contributed by atoms with E-state index in [9.17, 15) is 4.79 Å². The maximum absolute atomic E-state index is 11.0. The number of hydrogen-bond donors (Lipinski definition) is 1. The number of carbonyl (C=O) groups excluding carboxylic acids is 1. The Labute approximate surface area is 79.4 Å². The van der Waals surface area contributed by atoms with Crippen molar-refractivity contribution in [3.05, 3.63) is 36.1 Å². The topological polar surface area (TPSA) is 37.3 Å². The summed E-state index contributed by atoms with van der Waals surface area (Å²) in [6, 6.07) is 0. The van der Waals surface area contributed by atoms with Crippen molar-refractivity contribution in [2.75, 3.05) is 0 Å². The van der Waals surface area contributed by atoms with Gasteiger partial charge in [0, 0.05) is 0 Å². The van der Waals surface area contributed by atoms with E-state index in [1.807, 2.05) is 13.0 Å². The van der Waals surface area contributed by atoms with Gasteiger partial charge in [-0.25, -0.2) is 0 Å². The van der Waals surface area contributed by atoms with Gasteiger partial charge in [-0.15, -0.1) is 0 Å². The van der Waals surface area contributed by atoms with E-state index in [0.717, 1.165) is 0 Å². The zero-order chi connectivity index (χ0) is 9.19. The molecule has 64 valence electrons. The summed E-state index contributed by atoms with van der Waals surface area (Å²) in [5.74, 6) is -0.601. The van der Waals surface area contributed by atoms with Gasteiger partial charge in [0.2, 0.25) is 5.78 Å². The van der Waals surface area contributed by atoms with Crippen LogP contribution in [0.2, 0.25) is 0 Å². The second-order valence-electron chi connectivity index (χ2n) is 2.76. The molecular formula is C9H9BrO2. The summed E-state index contributed by atoms with van der Waals surface area (Å²) in [6.45, 7) is 1.91. The van der Waals surface area contributed by atoms with Crippen LogP contribution in [0.1, 0.15) is 6.92 Å². The number of alkyl halides is 1. The molecular weight excluding hydrogens is 220 g/mol. The molecule has 0 heterocycles. The number of aliphatic hydroxyl groups excluding tert-OH is 1. The Morgan fingerprint density at radius 1 is 1.50 bits per heavy atom. The third-order valence-corrected chi connectivity index (χ3v) is 2.02. The minimum Gasteiger partial charge on any atom is -0.504 e. The van der Waals surface area contributed by atoms with Crippen LogP contribution >= 0.6 is 15.9 Å². The first-order valence-corrected chi connectivity index (χ1v) is 4.31. The summed E-state index contributed by atoms with van der Waals surface area (Å²) >= 11 is 3.39. The molecule has 1 aliphatic carbocycles. The molecule has 0 aromatic heterocycles. The number of rotatable bonds is 0. The predicted molar refractivity (Wildman–Crippen MR) is 51.3 cm³/mol. The van der Waals surface area contributed by atoms with Crippen LogP contribution in [-0.2, 0) is 4.79 Å². The van der Waals surface area contributed by atoms with E-state index in [1.54, 1.807) is 12.2 Å². The molecule has 0 fully saturated rings. The van der Waals surface area contributed by atoms with Crippen molar-refractivity contribution in [2.45, 2.75) is 11.2 Å². The number of halogens is 1. The second-order valence-corrected chi connectivity index (χ2v) is 4.47. The molecule has 0 aliphatic heterocycles. The van der Waals surface area contributed by atoms with Crippen LogP contribution in [0.3, 0.4) is 0 Å². The maximum atomic E-state index is 11.0. The Morgan fingerprint density at radius 2 is 2.17 bits per heavy atom. The van der Waals surface area contributed by atoms with E-state index >= 15 is 0 Å². The molecule has 0 aromatic rings. The van der Waals surface area contributed by atoms with Crippen LogP contribution < -0.4 is 0 Å². The van der Waals surface area contributed by atoms with Crippen LogP contribution in [0.25, 0.3) is 0 Å². The summed E-state index contributed by atoms with van der Waals surface area (Å²) in [7, 11) is 0. The highest BCUT2D eigenvalue weighted by Crippen LogP contribution is 2.22. The average Bonchev–Trinajstić information content (AvgIpc) is 1.98. The molecule has 1 atom stereocenters. The van der Waals surface area contributed by atoms with E-state index in [1.165, 1.54) is 12.2 Å². The molecule has 1 unspecified atom stereocenters. The van der Waals surface area contributed by atoms with Crippen LogP contribution in [0, 0.1) is 0 Å². The lowest BCUT2D eigenvalue weighted by atomic mass is 10.1. The number of allylic oxidation sites excluding steroid dienone is 5. The standard InChI is InChI=1S/C9H9BrO2/c1-9(10)5-2-3-7(11)8(12)4-6-9/h2-6,11H,1H3/b5-2-,6-4?,7-3+. The van der Waals surface area contributed by atoms with Crippen molar-refractivity contribution in [3.8, 4) is 0 Å². The zero-order valence-corrected chi connectivity index (χ0v) is 8.21. The van der Waals surface area contributed by atoms with Crippen LogP contribution in [-0.4, -0.2) is 15.2 Å². The summed E-state index contributed by atoms with van der Waals surface area (Å²) in [5, 5.41) is 9.05. The molecule has 0 saturated heterocycles. The van der Waals surface area contributed by atoms with Crippen molar-refractivity contribution in [3.63, 3.8) is 0 Å². The number of aliphatic hydroxyl groups is 1. The van der Waals surface area contributed by atoms with Gasteiger partial charge in [0.05, 0.1) is 4.32 Å². The molecule has 0 saturated carbocycles. The van der Waals surface area contributed by atoms with Gasteiger partial charge in [0.15, 0.2) is 5.76 Å². The van der Waals surface area contributed by atoms with Crippen molar-refractivity contribution < 1.29 is 9.90 Å². The smallest absolute Gasteiger partial charge is 0.219 e. The van der Waals surface area contributed by atoms with Gasteiger partial charge in [0.1, 0.15) is 0 Å². The maximum Gasteiger partial charge on any atom is 0.219 e. The Hall–Kier alpha value is -0.830. The van der Waals surface area contributed by atoms with E-state index in [4.69, 9.17) is 5.11 Å². The fourth-order valence-corrected chi connectivity index (χ4v) is 1.07. The van der Waals surface area contributed by atoms with E-state index in [2.05, 4.69) is 15.9 Å². The minimum atomic E-state index is -0.370. The summed E-state index contributed by atoms with van der Waals surface area (Å²) in [4.78, 5) is 11.0. The molecule has 0 radical (unpaired) electrons. The fourth-order valence-electron chi connectivity index (χ4n) is 0.789. The van der Waals surface area contributed by atoms with Gasteiger partial charge in [0.25, 0.3) is 0 Å². The highest BCUT2D eigenvalue weighted by atomic mass is 79.9. The molecule has 12 heavy (non-hydrogen) atoms. The van der Waals surface area contributed by atoms with Crippen molar-refractivity contribution in [1.82, 2.24) is 0 Å². The average molecular weight is 229 g/mol. The Kier molecular flexibility index (Phi) is 2.52. The molecule has 1 aliphatic rings. The van der Waals surface area contributed by atoms with Gasteiger partial charge in [-0.1, -0.05) is 34.2 Å². The van der Waals surface area contributed by atoms with Gasteiger partial charge in [-0.3, -0.25) is 4.79 Å². The first-order chi connectivity index (χ1) is 5.51. The highest BCUT2D eigenvalue weighted by Gasteiger charge is 2.14. The van der Waals surface area contributed by atoms with Crippen LogP contribution in [0.4, 0.5) is 0 Å². The SMILES string of the molecule is CC1(Br)C=CC(=O)/C(O)=C\C=C/1. The Morgan fingerprint density at radius 3 is 2.83 bits per heavy atom. The molecule has 1 rings (SSSR count). The summed E-state index contributed by atoms with van der Waals surface area (Å²) in [5.41, 5.74) is 0. The Bertz CT molecular complexity index is 285. The largest absolute Gasteiger partial charge is 0.504 e. The van der Waals surface area contributed by atoms with Crippen LogP contribution in [0.5, 0.6) is 0 Å². The van der Waals surface area contributed by atoms with Gasteiger partial charge in [-0.2, -0.15) is 0 Å². The van der Waals surface area contributed by atoms with Crippen molar-refractivity contribution in [1.29, 1.82) is 0 Å². The number of carbonyl (C=O) groups is 1. The first-order valence-electron chi connectivity index (χ1n) is 3.52. The van der Waals surface area contributed by atoms with E-state index in [-0.39, 0.29) is 15.9 Å². The molecule has 0 spiro atoms. The minimum absolute atomic E-state index is 0.231. The normalized spacial score (nSPS) is 36.5. The highest BCUT2D eigenvalue weighted by molar-refractivity contribution is 9.10. The quantitative estimate of drug-likeness (QED) is 0.647. The van der Waals surface area contributed by atoms with Crippen molar-refractivity contribution in [2.24, 2.45) is 0 Å². The summed E-state index contributed by atoms with van der Waals surface area (Å²) in [6.07, 6.45) is 7.90.